The van der Waals surface area contributed by atoms with E-state index < -0.39 is 0 Å². The van der Waals surface area contributed by atoms with Crippen LogP contribution in [0.5, 0.6) is 5.75 Å². The number of ether oxygens (including phenoxy) is 1. The zero-order chi connectivity index (χ0) is 24.5. The number of carbonyl (C=O) groups is 1. The highest BCUT2D eigenvalue weighted by Crippen LogP contribution is 2.40. The number of likely N-dealkylation sites (N-methyl/N-ethyl adjacent to an activating group) is 1. The summed E-state index contributed by atoms with van der Waals surface area (Å²) in [5.41, 5.74) is 6.41. The molecule has 8 heteroatoms. The number of amides is 1. The lowest BCUT2D eigenvalue weighted by molar-refractivity contribution is -0.130. The Hall–Kier alpha value is -3.65. The van der Waals surface area contributed by atoms with Gasteiger partial charge in [0.1, 0.15) is 11.6 Å². The van der Waals surface area contributed by atoms with E-state index in [0.717, 1.165) is 65.2 Å². The maximum atomic E-state index is 11.9. The third kappa shape index (κ3) is 4.41. The van der Waals surface area contributed by atoms with Crippen molar-refractivity contribution in [3.8, 4) is 28.3 Å². The zero-order valence-electron chi connectivity index (χ0n) is 20.8. The van der Waals surface area contributed by atoms with Gasteiger partial charge in [0.05, 0.1) is 23.1 Å². The summed E-state index contributed by atoms with van der Waals surface area (Å²) in [6.45, 7) is 4.18. The fourth-order valence-electron chi connectivity index (χ4n) is 4.87. The van der Waals surface area contributed by atoms with Gasteiger partial charge in [-0.3, -0.25) is 9.89 Å². The van der Waals surface area contributed by atoms with E-state index in [1.54, 1.807) is 14.1 Å². The van der Waals surface area contributed by atoms with Crippen molar-refractivity contribution < 1.29 is 9.53 Å². The van der Waals surface area contributed by atoms with Crippen LogP contribution < -0.4 is 10.1 Å². The molecule has 0 atom stereocenters. The number of aromatic amines is 1. The van der Waals surface area contributed by atoms with Gasteiger partial charge in [-0.2, -0.15) is 5.10 Å². The molecule has 35 heavy (non-hydrogen) atoms. The third-order valence-corrected chi connectivity index (χ3v) is 6.89. The number of fused-ring (bicyclic) bond motifs is 1. The lowest BCUT2D eigenvalue weighted by atomic mass is 9.96. The summed E-state index contributed by atoms with van der Waals surface area (Å²) < 4.78 is 7.97. The number of H-pyrrole nitrogens is 1. The normalized spacial score (nSPS) is 14.4. The average molecular weight is 473 g/mol. The molecular weight excluding hydrogens is 440 g/mol. The summed E-state index contributed by atoms with van der Waals surface area (Å²) in [5, 5.41) is 12.0. The van der Waals surface area contributed by atoms with E-state index in [9.17, 15) is 4.79 Å². The standard InChI is InChI=1S/C27H32N6O2/c1-17-5-10-22-21(15-29-31-22)24(17)26-25(30-27(33(26)4)19-11-13-28-14-12-19)18-6-8-20(9-7-18)35-16-23(34)32(2)3/h5-10,15,19,28H,11-14,16H2,1-4H3,(H,29,31). The number of carbonyl (C=O) groups excluding carboxylic acids is 1. The molecule has 2 N–H and O–H groups in total. The Morgan fingerprint density at radius 2 is 1.89 bits per heavy atom. The Morgan fingerprint density at radius 3 is 2.60 bits per heavy atom. The van der Waals surface area contributed by atoms with Crippen molar-refractivity contribution in [2.24, 2.45) is 7.05 Å². The van der Waals surface area contributed by atoms with Gasteiger partial charge in [0, 0.05) is 43.6 Å². The number of benzene rings is 2. The second kappa shape index (κ2) is 9.54. The van der Waals surface area contributed by atoms with Crippen molar-refractivity contribution in [1.82, 2.24) is 30.0 Å². The molecule has 8 nitrogen and oxygen atoms in total. The van der Waals surface area contributed by atoms with Gasteiger partial charge >= 0.3 is 0 Å². The van der Waals surface area contributed by atoms with E-state index >= 15 is 0 Å². The molecule has 182 valence electrons. The van der Waals surface area contributed by atoms with Crippen LogP contribution in [0, 0.1) is 6.92 Å². The predicted molar refractivity (Wildman–Crippen MR) is 138 cm³/mol. The first-order chi connectivity index (χ1) is 16.9. The molecule has 0 unspecified atom stereocenters. The number of piperidine rings is 1. The van der Waals surface area contributed by atoms with Crippen LogP contribution in [0.15, 0.2) is 42.6 Å². The first kappa shape index (κ1) is 23.1. The zero-order valence-corrected chi connectivity index (χ0v) is 20.8. The minimum atomic E-state index is -0.0728. The van der Waals surface area contributed by atoms with Crippen LogP contribution in [0.2, 0.25) is 0 Å². The number of nitrogens with one attached hydrogen (secondary N) is 2. The molecule has 1 saturated heterocycles. The Morgan fingerprint density at radius 1 is 1.14 bits per heavy atom. The number of nitrogens with zero attached hydrogens (tertiary/aromatic N) is 4. The Kier molecular flexibility index (Phi) is 6.30. The lowest BCUT2D eigenvalue weighted by Crippen LogP contribution is -2.27. The van der Waals surface area contributed by atoms with Crippen molar-refractivity contribution in [3.05, 3.63) is 54.0 Å². The Labute approximate surface area is 205 Å². The molecule has 4 aromatic rings. The summed E-state index contributed by atoms with van der Waals surface area (Å²) in [5.74, 6) is 2.12. The van der Waals surface area contributed by atoms with E-state index in [-0.39, 0.29) is 12.5 Å². The van der Waals surface area contributed by atoms with Crippen molar-refractivity contribution in [3.63, 3.8) is 0 Å². The number of aromatic nitrogens is 4. The van der Waals surface area contributed by atoms with E-state index in [4.69, 9.17) is 9.72 Å². The van der Waals surface area contributed by atoms with Crippen LogP contribution in [-0.4, -0.2) is 64.3 Å². The molecule has 2 aromatic heterocycles. The van der Waals surface area contributed by atoms with Crippen LogP contribution in [-0.2, 0) is 11.8 Å². The predicted octanol–water partition coefficient (Wildman–Crippen LogP) is 3.87. The van der Waals surface area contributed by atoms with Crippen molar-refractivity contribution in [2.45, 2.75) is 25.7 Å². The van der Waals surface area contributed by atoms with Gasteiger partial charge in [0.2, 0.25) is 0 Å². The highest BCUT2D eigenvalue weighted by molar-refractivity contribution is 5.98. The van der Waals surface area contributed by atoms with Crippen molar-refractivity contribution in [1.29, 1.82) is 0 Å². The number of rotatable bonds is 6. The quantitative estimate of drug-likeness (QED) is 0.445. The maximum absolute atomic E-state index is 11.9. The van der Waals surface area contributed by atoms with Gasteiger partial charge in [0.15, 0.2) is 6.61 Å². The van der Waals surface area contributed by atoms with Gasteiger partial charge in [-0.05, 0) is 68.8 Å². The molecule has 2 aromatic carbocycles. The van der Waals surface area contributed by atoms with E-state index in [0.29, 0.717) is 11.7 Å². The summed E-state index contributed by atoms with van der Waals surface area (Å²) in [6.07, 6.45) is 4.05. The fourth-order valence-corrected chi connectivity index (χ4v) is 4.87. The minimum Gasteiger partial charge on any atom is -0.484 e. The lowest BCUT2D eigenvalue weighted by Gasteiger charge is -2.22. The summed E-state index contributed by atoms with van der Waals surface area (Å²) in [6, 6.07) is 12.1. The average Bonchev–Trinajstić information content (AvgIpc) is 3.48. The summed E-state index contributed by atoms with van der Waals surface area (Å²) in [7, 11) is 5.58. The third-order valence-electron chi connectivity index (χ3n) is 6.89. The first-order valence-corrected chi connectivity index (χ1v) is 12.1. The molecule has 1 fully saturated rings. The topological polar surface area (TPSA) is 88.1 Å². The molecule has 1 aliphatic rings. The highest BCUT2D eigenvalue weighted by atomic mass is 16.5. The van der Waals surface area contributed by atoms with E-state index in [1.807, 2.05) is 30.5 Å². The largest absolute Gasteiger partial charge is 0.484 e. The molecule has 0 spiro atoms. The molecule has 0 bridgehead atoms. The summed E-state index contributed by atoms with van der Waals surface area (Å²) in [4.78, 5) is 18.7. The van der Waals surface area contributed by atoms with E-state index in [2.05, 4.69) is 46.2 Å². The van der Waals surface area contributed by atoms with Gasteiger partial charge in [-0.15, -0.1) is 0 Å². The second-order valence-electron chi connectivity index (χ2n) is 9.44. The SMILES string of the molecule is Cc1ccc2[nH]ncc2c1-c1c(-c2ccc(OCC(=O)N(C)C)cc2)nc(C2CCNCC2)n1C. The van der Waals surface area contributed by atoms with Gasteiger partial charge in [-0.25, -0.2) is 4.98 Å². The smallest absolute Gasteiger partial charge is 0.259 e. The molecule has 0 radical (unpaired) electrons. The van der Waals surface area contributed by atoms with Gasteiger partial charge < -0.3 is 19.5 Å². The van der Waals surface area contributed by atoms with Crippen LogP contribution in [0.4, 0.5) is 0 Å². The van der Waals surface area contributed by atoms with Crippen LogP contribution >= 0.6 is 0 Å². The number of hydrogen-bond acceptors (Lipinski definition) is 5. The molecule has 3 heterocycles. The van der Waals surface area contributed by atoms with Crippen molar-refractivity contribution in [2.75, 3.05) is 33.8 Å². The molecule has 5 rings (SSSR count). The summed E-state index contributed by atoms with van der Waals surface area (Å²) >= 11 is 0. The Balaban J connectivity index is 1.59. The van der Waals surface area contributed by atoms with Gasteiger partial charge in [0.25, 0.3) is 5.91 Å². The molecular formula is C27H32N6O2. The second-order valence-corrected chi connectivity index (χ2v) is 9.44. The van der Waals surface area contributed by atoms with Crippen molar-refractivity contribution >= 4 is 16.8 Å². The monoisotopic (exact) mass is 472 g/mol. The minimum absolute atomic E-state index is 0.0166. The maximum Gasteiger partial charge on any atom is 0.259 e. The molecule has 0 aliphatic carbocycles. The van der Waals surface area contributed by atoms with Gasteiger partial charge in [-0.1, -0.05) is 6.07 Å². The molecule has 1 amide bonds. The Bertz CT molecular complexity index is 1350. The van der Waals surface area contributed by atoms with E-state index in [1.165, 1.54) is 10.5 Å². The highest BCUT2D eigenvalue weighted by Gasteiger charge is 2.26. The fraction of sp³-hybridized carbons (Fsp3) is 0.370. The first-order valence-electron chi connectivity index (χ1n) is 12.1. The van der Waals surface area contributed by atoms with Crippen LogP contribution in [0.1, 0.15) is 30.1 Å². The van der Waals surface area contributed by atoms with Crippen LogP contribution in [0.3, 0.4) is 0 Å². The molecule has 0 saturated carbocycles. The molecule has 1 aliphatic heterocycles. The number of aryl methyl sites for hydroxylation is 1. The van der Waals surface area contributed by atoms with Crippen LogP contribution in [0.25, 0.3) is 33.4 Å². The number of hydrogen-bond donors (Lipinski definition) is 2. The number of imidazole rings is 1.